The van der Waals surface area contributed by atoms with Gasteiger partial charge in [-0.25, -0.2) is 0 Å². The van der Waals surface area contributed by atoms with E-state index in [1.807, 2.05) is 13.0 Å². The third-order valence-corrected chi connectivity index (χ3v) is 4.38. The van der Waals surface area contributed by atoms with Crippen molar-refractivity contribution in [2.75, 3.05) is 20.1 Å². The van der Waals surface area contributed by atoms with Crippen LogP contribution in [0.1, 0.15) is 19.8 Å². The van der Waals surface area contributed by atoms with Gasteiger partial charge in [0.2, 0.25) is 0 Å². The Morgan fingerprint density at radius 1 is 1.69 bits per heavy atom. The van der Waals surface area contributed by atoms with Crippen molar-refractivity contribution in [3.8, 4) is 0 Å². The minimum atomic E-state index is 0.578. The Balaban J connectivity index is 1.76. The minimum Gasteiger partial charge on any atom is -0.342 e. The summed E-state index contributed by atoms with van der Waals surface area (Å²) in [5.74, 6) is 3.04. The molecule has 16 heavy (non-hydrogen) atoms. The highest BCUT2D eigenvalue weighted by Gasteiger charge is 2.58. The Kier molecular flexibility index (Phi) is 3.51. The zero-order valence-electron chi connectivity index (χ0n) is 10.2. The van der Waals surface area contributed by atoms with Gasteiger partial charge in [0.05, 0.1) is 0 Å². The smallest absolute Gasteiger partial charge is 0.0118 e. The van der Waals surface area contributed by atoms with Gasteiger partial charge < -0.3 is 9.99 Å². The third-order valence-electron chi connectivity index (χ3n) is 3.62. The topological polar surface area (TPSA) is 15.3 Å². The van der Waals surface area contributed by atoms with E-state index >= 15 is 0 Å². The maximum atomic E-state index is 4.13. The zero-order chi connectivity index (χ0) is 11.6. The fourth-order valence-electron chi connectivity index (χ4n) is 2.86. The second-order valence-corrected chi connectivity index (χ2v) is 5.94. The molecule has 0 bridgehead atoms. The molecular formula is C13H21N2P. The summed E-state index contributed by atoms with van der Waals surface area (Å²) in [5, 5.41) is 3.36. The highest BCUT2D eigenvalue weighted by Crippen LogP contribution is 2.60. The van der Waals surface area contributed by atoms with Crippen LogP contribution in [0.15, 0.2) is 24.4 Å². The number of fused-ring (bicyclic) bond motifs is 1. The molecule has 88 valence electrons. The van der Waals surface area contributed by atoms with Crippen LogP contribution in [0.2, 0.25) is 0 Å². The van der Waals surface area contributed by atoms with Gasteiger partial charge in [-0.3, -0.25) is 0 Å². The molecule has 0 radical (unpaired) electrons. The van der Waals surface area contributed by atoms with Crippen LogP contribution in [0, 0.1) is 11.3 Å². The van der Waals surface area contributed by atoms with Gasteiger partial charge in [-0.2, -0.15) is 0 Å². The lowest BCUT2D eigenvalue weighted by molar-refractivity contribution is 0.334. The number of nitrogens with zero attached hydrogens (tertiary/aromatic N) is 1. The Hall–Kier alpha value is -0.590. The van der Waals surface area contributed by atoms with Crippen molar-refractivity contribution in [3.63, 3.8) is 0 Å². The molecule has 2 atom stereocenters. The molecule has 1 saturated carbocycles. The first-order chi connectivity index (χ1) is 7.66. The largest absolute Gasteiger partial charge is 0.342 e. The third kappa shape index (κ3) is 2.56. The van der Waals surface area contributed by atoms with Gasteiger partial charge in [-0.1, -0.05) is 18.7 Å². The quantitative estimate of drug-likeness (QED) is 0.738. The monoisotopic (exact) mass is 236 g/mol. The summed E-state index contributed by atoms with van der Waals surface area (Å²) in [6, 6.07) is 0. The Bertz CT molecular complexity index is 335. The first-order valence-corrected chi connectivity index (χ1v) is 6.89. The average molecular weight is 236 g/mol. The lowest BCUT2D eigenvalue weighted by Crippen LogP contribution is -2.21. The van der Waals surface area contributed by atoms with Crippen LogP contribution >= 0.6 is 8.35 Å². The van der Waals surface area contributed by atoms with E-state index in [1.165, 1.54) is 25.2 Å². The van der Waals surface area contributed by atoms with Gasteiger partial charge in [0.25, 0.3) is 0 Å². The lowest BCUT2D eigenvalue weighted by atomic mass is 10.0. The summed E-state index contributed by atoms with van der Waals surface area (Å²) in [4.78, 5) is 2.45. The predicted octanol–water partition coefficient (Wildman–Crippen LogP) is 2.67. The van der Waals surface area contributed by atoms with Gasteiger partial charge >= 0.3 is 0 Å². The summed E-state index contributed by atoms with van der Waals surface area (Å²) in [5.41, 5.74) is 1.77. The molecule has 2 fully saturated rings. The molecule has 1 aliphatic heterocycles. The molecule has 1 N–H and O–H groups in total. The number of allylic oxidation sites excluding steroid dienone is 3. The van der Waals surface area contributed by atoms with Crippen LogP contribution < -0.4 is 5.09 Å². The number of nitrogens with one attached hydrogen (secondary N) is 1. The lowest BCUT2D eigenvalue weighted by Gasteiger charge is -2.16. The second kappa shape index (κ2) is 4.73. The van der Waals surface area contributed by atoms with Crippen LogP contribution in [-0.2, 0) is 0 Å². The number of hydrogen-bond acceptors (Lipinski definition) is 2. The van der Waals surface area contributed by atoms with Gasteiger partial charge in [0.1, 0.15) is 0 Å². The second-order valence-electron chi connectivity index (χ2n) is 5.16. The molecule has 2 nitrogen and oxygen atoms in total. The van der Waals surface area contributed by atoms with Crippen molar-refractivity contribution < 1.29 is 0 Å². The standard InChI is InChI=1S/C13H21N2P/c1-4-5-6-16-14-11(2)7-13-8-12(13)9-15(3)10-13/h4-6,12,14H,2,7-10H2,1,3H3/b5-4-. The van der Waals surface area contributed by atoms with E-state index < -0.39 is 0 Å². The molecular weight excluding hydrogens is 215 g/mol. The number of likely N-dealkylation sites (tertiary alicyclic amines) is 1. The fraction of sp³-hybridized carbons (Fsp3) is 0.615. The van der Waals surface area contributed by atoms with Crippen molar-refractivity contribution in [3.05, 3.63) is 24.4 Å². The van der Waals surface area contributed by atoms with E-state index in [9.17, 15) is 0 Å². The van der Waals surface area contributed by atoms with Crippen molar-refractivity contribution >= 4 is 14.2 Å². The first-order valence-electron chi connectivity index (χ1n) is 5.93. The van der Waals surface area contributed by atoms with Crippen LogP contribution in [0.5, 0.6) is 0 Å². The van der Waals surface area contributed by atoms with Crippen molar-refractivity contribution in [2.45, 2.75) is 19.8 Å². The van der Waals surface area contributed by atoms with Crippen molar-refractivity contribution in [1.29, 1.82) is 0 Å². The molecule has 0 amide bonds. The maximum Gasteiger partial charge on any atom is 0.0118 e. The van der Waals surface area contributed by atoms with Crippen molar-refractivity contribution in [2.24, 2.45) is 11.3 Å². The van der Waals surface area contributed by atoms with E-state index in [1.54, 1.807) is 0 Å². The maximum absolute atomic E-state index is 4.13. The van der Waals surface area contributed by atoms with Gasteiger partial charge in [0.15, 0.2) is 0 Å². The highest BCUT2D eigenvalue weighted by molar-refractivity contribution is 7.36. The summed E-state index contributed by atoms with van der Waals surface area (Å²) in [6.07, 6.45) is 6.66. The van der Waals surface area contributed by atoms with Gasteiger partial charge in [-0.15, -0.1) is 0 Å². The molecule has 0 aromatic heterocycles. The molecule has 2 rings (SSSR count). The number of piperidine rings is 1. The molecule has 1 heterocycles. The first kappa shape index (κ1) is 11.9. The summed E-state index contributed by atoms with van der Waals surface area (Å²) in [6.45, 7) is 8.71. The molecule has 0 aromatic carbocycles. The Morgan fingerprint density at radius 3 is 3.12 bits per heavy atom. The van der Waals surface area contributed by atoms with Gasteiger partial charge in [-0.05, 0) is 43.9 Å². The molecule has 0 spiro atoms. The van der Waals surface area contributed by atoms with E-state index in [2.05, 4.69) is 35.5 Å². The minimum absolute atomic E-state index is 0.578. The van der Waals surface area contributed by atoms with E-state index in [0.29, 0.717) is 5.41 Å². The normalized spacial score (nSPS) is 33.5. The summed E-state index contributed by atoms with van der Waals surface area (Å²) >= 11 is 0. The molecule has 2 unspecified atom stereocenters. The van der Waals surface area contributed by atoms with E-state index in [4.69, 9.17) is 0 Å². The number of hydrogen-bond donors (Lipinski definition) is 1. The summed E-state index contributed by atoms with van der Waals surface area (Å²) < 4.78 is 0. The van der Waals surface area contributed by atoms with E-state index in [-0.39, 0.29) is 0 Å². The van der Waals surface area contributed by atoms with Crippen LogP contribution in [0.25, 0.3) is 0 Å². The van der Waals surface area contributed by atoms with Gasteiger partial charge in [0, 0.05) is 27.1 Å². The van der Waals surface area contributed by atoms with Crippen molar-refractivity contribution in [1.82, 2.24) is 9.99 Å². The van der Waals surface area contributed by atoms with Crippen LogP contribution in [0.4, 0.5) is 0 Å². The zero-order valence-corrected chi connectivity index (χ0v) is 11.1. The molecule has 2 aliphatic rings. The molecule has 0 aromatic rings. The molecule has 3 heteroatoms. The predicted molar refractivity (Wildman–Crippen MR) is 72.7 cm³/mol. The summed E-state index contributed by atoms with van der Waals surface area (Å²) in [7, 11) is 3.36. The van der Waals surface area contributed by atoms with Crippen LogP contribution in [0.3, 0.4) is 0 Å². The number of rotatable bonds is 5. The molecule has 1 aliphatic carbocycles. The average Bonchev–Trinajstić information content (AvgIpc) is 2.75. The van der Waals surface area contributed by atoms with Crippen LogP contribution in [-0.4, -0.2) is 30.8 Å². The van der Waals surface area contributed by atoms with E-state index in [0.717, 1.165) is 20.7 Å². The Morgan fingerprint density at radius 2 is 2.50 bits per heavy atom. The fourth-order valence-corrected chi connectivity index (χ4v) is 3.45. The molecule has 1 saturated heterocycles. The SMILES string of the molecule is C=C(CC12CC1CN(C)C2)NP=C/C=C\C. The highest BCUT2D eigenvalue weighted by atomic mass is 31.1. The Labute approximate surface area is 100 Å².